The summed E-state index contributed by atoms with van der Waals surface area (Å²) in [6, 6.07) is 8.68. The van der Waals surface area contributed by atoms with Crippen molar-refractivity contribution in [3.63, 3.8) is 0 Å². The molecule has 0 aliphatic carbocycles. The monoisotopic (exact) mass is 463 g/mol. The molecule has 0 radical (unpaired) electrons. The highest BCUT2D eigenvalue weighted by molar-refractivity contribution is 7.89. The maximum atomic E-state index is 13.1. The fourth-order valence-electron chi connectivity index (χ4n) is 4.76. The minimum atomic E-state index is -3.52. The van der Waals surface area contributed by atoms with Gasteiger partial charge < -0.3 is 5.32 Å². The summed E-state index contributed by atoms with van der Waals surface area (Å²) in [4.78, 5) is 12.0. The van der Waals surface area contributed by atoms with Crippen molar-refractivity contribution in [2.45, 2.75) is 37.6 Å². The number of nitrogens with zero attached hydrogens (tertiary/aromatic N) is 4. The van der Waals surface area contributed by atoms with E-state index in [0.717, 1.165) is 43.1 Å². The summed E-state index contributed by atoms with van der Waals surface area (Å²) in [6.45, 7) is 8.27. The van der Waals surface area contributed by atoms with Gasteiger partial charge in [-0.25, -0.2) is 18.4 Å². The van der Waals surface area contributed by atoms with Gasteiger partial charge in [0.05, 0.1) is 16.6 Å². The van der Waals surface area contributed by atoms with Crippen LogP contribution in [0.5, 0.6) is 0 Å². The number of hydrogen-bond acceptors (Lipinski definition) is 6. The third kappa shape index (κ3) is 5.09. The Balaban J connectivity index is 1.54. The molecule has 0 amide bonds. The molecule has 9 heteroatoms. The van der Waals surface area contributed by atoms with Crippen LogP contribution in [0.4, 0.5) is 0 Å². The summed E-state index contributed by atoms with van der Waals surface area (Å²) < 4.78 is 27.7. The number of aryl methyl sites for hydroxylation is 2. The summed E-state index contributed by atoms with van der Waals surface area (Å²) in [7, 11) is -3.52. The SMILES string of the molecule is Cc1cc(C(C2CCNCC2)N2CCN(S(=O)(=O)c3ccc(Cl)cc3)CC2)nc(C)n1. The average Bonchev–Trinajstić information content (AvgIpc) is 2.75. The number of benzene rings is 1. The number of piperidine rings is 1. The van der Waals surface area contributed by atoms with Crippen LogP contribution in [0.3, 0.4) is 0 Å². The zero-order valence-electron chi connectivity index (χ0n) is 18.1. The first-order valence-corrected chi connectivity index (χ1v) is 12.7. The lowest BCUT2D eigenvalue weighted by Gasteiger charge is -2.42. The van der Waals surface area contributed by atoms with Gasteiger partial charge in [0, 0.05) is 36.9 Å². The summed E-state index contributed by atoms with van der Waals surface area (Å²) in [5, 5.41) is 3.98. The van der Waals surface area contributed by atoms with E-state index in [1.54, 1.807) is 28.6 Å². The lowest BCUT2D eigenvalue weighted by Crippen LogP contribution is -2.51. The van der Waals surface area contributed by atoms with Crippen molar-refractivity contribution in [1.82, 2.24) is 24.5 Å². The van der Waals surface area contributed by atoms with Crippen LogP contribution in [0.1, 0.15) is 36.1 Å². The van der Waals surface area contributed by atoms with Crippen molar-refractivity contribution in [3.05, 3.63) is 52.6 Å². The number of halogens is 1. The van der Waals surface area contributed by atoms with E-state index in [0.29, 0.717) is 42.0 Å². The van der Waals surface area contributed by atoms with Gasteiger partial charge >= 0.3 is 0 Å². The van der Waals surface area contributed by atoms with Gasteiger partial charge in [0.2, 0.25) is 10.0 Å². The molecule has 1 aromatic heterocycles. The van der Waals surface area contributed by atoms with Crippen LogP contribution in [0.15, 0.2) is 35.2 Å². The van der Waals surface area contributed by atoms with Gasteiger partial charge in [-0.2, -0.15) is 4.31 Å². The molecule has 1 aromatic carbocycles. The molecule has 1 atom stereocenters. The Hall–Kier alpha value is -1.58. The molecule has 0 spiro atoms. The van der Waals surface area contributed by atoms with Crippen LogP contribution in [-0.2, 0) is 10.0 Å². The molecule has 168 valence electrons. The van der Waals surface area contributed by atoms with Crippen LogP contribution >= 0.6 is 11.6 Å². The van der Waals surface area contributed by atoms with Crippen LogP contribution in [0.2, 0.25) is 5.02 Å². The summed E-state index contributed by atoms with van der Waals surface area (Å²) in [5.41, 5.74) is 2.04. The van der Waals surface area contributed by atoms with Crippen molar-refractivity contribution < 1.29 is 8.42 Å². The Bertz CT molecular complexity index is 981. The van der Waals surface area contributed by atoms with E-state index < -0.39 is 10.0 Å². The van der Waals surface area contributed by atoms with Crippen LogP contribution in [0, 0.1) is 19.8 Å². The van der Waals surface area contributed by atoms with Gasteiger partial charge in [-0.05, 0) is 76.0 Å². The highest BCUT2D eigenvalue weighted by Gasteiger charge is 2.36. The Morgan fingerprint density at radius 1 is 1.03 bits per heavy atom. The smallest absolute Gasteiger partial charge is 0.243 e. The molecule has 2 aromatic rings. The normalized spacial score (nSPS) is 20.6. The first-order valence-electron chi connectivity index (χ1n) is 10.9. The Kier molecular flexibility index (Phi) is 6.93. The number of nitrogens with one attached hydrogen (secondary N) is 1. The molecule has 2 saturated heterocycles. The molecular formula is C22H30ClN5O2S. The van der Waals surface area contributed by atoms with Gasteiger partial charge in [0.25, 0.3) is 0 Å². The van der Waals surface area contributed by atoms with Crippen LogP contribution < -0.4 is 5.32 Å². The van der Waals surface area contributed by atoms with Gasteiger partial charge in [0.15, 0.2) is 0 Å². The second-order valence-electron chi connectivity index (χ2n) is 8.41. The number of sulfonamides is 1. The molecule has 2 aliphatic heterocycles. The Morgan fingerprint density at radius 3 is 2.29 bits per heavy atom. The molecule has 7 nitrogen and oxygen atoms in total. The van der Waals surface area contributed by atoms with Gasteiger partial charge in [-0.15, -0.1) is 0 Å². The summed E-state index contributed by atoms with van der Waals surface area (Å²) in [5.74, 6) is 1.28. The predicted molar refractivity (Wildman–Crippen MR) is 122 cm³/mol. The first kappa shape index (κ1) is 22.6. The maximum absolute atomic E-state index is 13.1. The van der Waals surface area contributed by atoms with Crippen molar-refractivity contribution in [3.8, 4) is 0 Å². The van der Waals surface area contributed by atoms with E-state index in [1.807, 2.05) is 13.8 Å². The van der Waals surface area contributed by atoms with Crippen molar-refractivity contribution >= 4 is 21.6 Å². The quantitative estimate of drug-likeness (QED) is 0.734. The Labute approximate surface area is 189 Å². The fourth-order valence-corrected chi connectivity index (χ4v) is 6.31. The second-order valence-corrected chi connectivity index (χ2v) is 10.8. The Morgan fingerprint density at radius 2 is 1.68 bits per heavy atom. The lowest BCUT2D eigenvalue weighted by atomic mass is 9.86. The van der Waals surface area contributed by atoms with E-state index in [4.69, 9.17) is 16.6 Å². The molecule has 31 heavy (non-hydrogen) atoms. The van der Waals surface area contributed by atoms with Crippen molar-refractivity contribution in [2.75, 3.05) is 39.3 Å². The van der Waals surface area contributed by atoms with Crippen molar-refractivity contribution in [1.29, 1.82) is 0 Å². The molecule has 3 heterocycles. The third-order valence-corrected chi connectivity index (χ3v) is 8.40. The molecule has 4 rings (SSSR count). The minimum Gasteiger partial charge on any atom is -0.317 e. The van der Waals surface area contributed by atoms with Crippen LogP contribution in [-0.4, -0.2) is 66.9 Å². The number of hydrogen-bond donors (Lipinski definition) is 1. The van der Waals surface area contributed by atoms with Gasteiger partial charge in [-0.3, -0.25) is 4.90 Å². The lowest BCUT2D eigenvalue weighted by molar-refractivity contribution is 0.0824. The van der Waals surface area contributed by atoms with E-state index in [2.05, 4.69) is 21.3 Å². The van der Waals surface area contributed by atoms with Gasteiger partial charge in [-0.1, -0.05) is 11.6 Å². The number of piperazine rings is 1. The highest BCUT2D eigenvalue weighted by Crippen LogP contribution is 2.35. The van der Waals surface area contributed by atoms with Gasteiger partial charge in [0.1, 0.15) is 5.82 Å². The van der Waals surface area contributed by atoms with E-state index >= 15 is 0 Å². The van der Waals surface area contributed by atoms with E-state index in [1.165, 1.54) is 0 Å². The standard InChI is InChI=1S/C22H30ClN5O2S/c1-16-15-21(26-17(2)25-16)22(18-7-9-24-10-8-18)27-11-13-28(14-12-27)31(29,30)20-5-3-19(23)4-6-20/h3-6,15,18,22,24H,7-14H2,1-2H3. The van der Waals surface area contributed by atoms with E-state index in [9.17, 15) is 8.42 Å². The molecule has 1 unspecified atom stereocenters. The zero-order chi connectivity index (χ0) is 22.0. The highest BCUT2D eigenvalue weighted by atomic mass is 35.5. The topological polar surface area (TPSA) is 78.4 Å². The number of rotatable bonds is 5. The van der Waals surface area contributed by atoms with E-state index in [-0.39, 0.29) is 6.04 Å². The molecule has 2 aliphatic rings. The predicted octanol–water partition coefficient (Wildman–Crippen LogP) is 2.79. The summed E-state index contributed by atoms with van der Waals surface area (Å²) in [6.07, 6.45) is 2.19. The second kappa shape index (κ2) is 9.50. The zero-order valence-corrected chi connectivity index (χ0v) is 19.7. The summed E-state index contributed by atoms with van der Waals surface area (Å²) >= 11 is 5.93. The van der Waals surface area contributed by atoms with Crippen molar-refractivity contribution in [2.24, 2.45) is 5.92 Å². The third-order valence-electron chi connectivity index (χ3n) is 6.24. The molecule has 0 bridgehead atoms. The first-order chi connectivity index (χ1) is 14.8. The molecule has 0 saturated carbocycles. The van der Waals surface area contributed by atoms with Crippen LogP contribution in [0.25, 0.3) is 0 Å². The molecular weight excluding hydrogens is 434 g/mol. The minimum absolute atomic E-state index is 0.183. The maximum Gasteiger partial charge on any atom is 0.243 e. The largest absolute Gasteiger partial charge is 0.317 e. The fraction of sp³-hybridized carbons (Fsp3) is 0.545. The number of aromatic nitrogens is 2. The molecule has 1 N–H and O–H groups in total. The molecule has 2 fully saturated rings. The average molecular weight is 464 g/mol.